The highest BCUT2D eigenvalue weighted by atomic mass is 16.3. The van der Waals surface area contributed by atoms with Crippen LogP contribution in [0, 0.1) is 5.92 Å². The van der Waals surface area contributed by atoms with E-state index in [0.29, 0.717) is 25.6 Å². The number of aliphatic hydroxyl groups excluding tert-OH is 1. The molecule has 0 radical (unpaired) electrons. The molecule has 0 fully saturated rings. The van der Waals surface area contributed by atoms with E-state index in [0.717, 1.165) is 6.42 Å². The van der Waals surface area contributed by atoms with Crippen molar-refractivity contribution in [3.05, 3.63) is 0 Å². The minimum Gasteiger partial charge on any atom is -0.370 e. The third-order valence-electron chi connectivity index (χ3n) is 3.35. The SMILES string of the molecule is CCN(CC)C(O)C(=O)N(CC)[C@H](C)CC(C)C. The van der Waals surface area contributed by atoms with E-state index < -0.39 is 6.23 Å². The Hall–Kier alpha value is -0.610. The molecule has 0 aromatic heterocycles. The third kappa shape index (κ3) is 4.94. The van der Waals surface area contributed by atoms with Gasteiger partial charge < -0.3 is 10.0 Å². The second-order valence-electron chi connectivity index (χ2n) is 5.20. The first-order valence-corrected chi connectivity index (χ1v) is 7.11. The molecule has 4 nitrogen and oxygen atoms in total. The van der Waals surface area contributed by atoms with Crippen LogP contribution in [-0.2, 0) is 4.79 Å². The molecule has 0 aliphatic heterocycles. The molecular formula is C14H30N2O2. The number of nitrogens with zero attached hydrogens (tertiary/aromatic N) is 2. The first-order chi connectivity index (χ1) is 8.38. The van der Waals surface area contributed by atoms with Gasteiger partial charge in [-0.15, -0.1) is 0 Å². The van der Waals surface area contributed by atoms with Gasteiger partial charge in [-0.1, -0.05) is 27.7 Å². The van der Waals surface area contributed by atoms with Crippen molar-refractivity contribution in [3.63, 3.8) is 0 Å². The fourth-order valence-electron chi connectivity index (χ4n) is 2.37. The Morgan fingerprint density at radius 3 is 1.89 bits per heavy atom. The highest BCUT2D eigenvalue weighted by Crippen LogP contribution is 2.13. The van der Waals surface area contributed by atoms with Crippen molar-refractivity contribution in [2.24, 2.45) is 5.92 Å². The van der Waals surface area contributed by atoms with Crippen LogP contribution in [-0.4, -0.2) is 52.7 Å². The Balaban J connectivity index is 4.68. The van der Waals surface area contributed by atoms with E-state index in [1.165, 1.54) is 0 Å². The fourth-order valence-corrected chi connectivity index (χ4v) is 2.37. The van der Waals surface area contributed by atoms with Gasteiger partial charge in [-0.25, -0.2) is 0 Å². The minimum absolute atomic E-state index is 0.172. The van der Waals surface area contributed by atoms with Gasteiger partial charge >= 0.3 is 0 Å². The molecule has 1 unspecified atom stereocenters. The van der Waals surface area contributed by atoms with E-state index in [2.05, 4.69) is 20.8 Å². The normalized spacial score (nSPS) is 14.9. The van der Waals surface area contributed by atoms with Gasteiger partial charge in [0.2, 0.25) is 0 Å². The van der Waals surface area contributed by atoms with Crippen LogP contribution < -0.4 is 0 Å². The third-order valence-corrected chi connectivity index (χ3v) is 3.35. The van der Waals surface area contributed by atoms with Gasteiger partial charge in [-0.2, -0.15) is 0 Å². The monoisotopic (exact) mass is 258 g/mol. The largest absolute Gasteiger partial charge is 0.370 e. The zero-order chi connectivity index (χ0) is 14.3. The standard InChI is InChI=1S/C14H30N2O2/c1-7-15(8-2)13(17)14(18)16(9-3)12(6)10-11(4)5/h11-13,17H,7-10H2,1-6H3/t12-,13?/m1/s1. The van der Waals surface area contributed by atoms with E-state index in [1.807, 2.05) is 20.8 Å². The lowest BCUT2D eigenvalue weighted by Gasteiger charge is -2.34. The van der Waals surface area contributed by atoms with E-state index in [-0.39, 0.29) is 11.9 Å². The van der Waals surface area contributed by atoms with Gasteiger partial charge in [0.1, 0.15) is 0 Å². The molecule has 1 amide bonds. The van der Waals surface area contributed by atoms with Crippen molar-refractivity contribution in [1.29, 1.82) is 0 Å². The van der Waals surface area contributed by atoms with Gasteiger partial charge in [-0.3, -0.25) is 9.69 Å². The summed E-state index contributed by atoms with van der Waals surface area (Å²) < 4.78 is 0. The summed E-state index contributed by atoms with van der Waals surface area (Å²) in [5.41, 5.74) is 0. The number of carbonyl (C=O) groups is 1. The van der Waals surface area contributed by atoms with Gasteiger partial charge in [-0.05, 0) is 39.3 Å². The summed E-state index contributed by atoms with van der Waals surface area (Å²) in [6.45, 7) is 14.2. The zero-order valence-corrected chi connectivity index (χ0v) is 12.8. The Labute approximate surface area is 112 Å². The highest BCUT2D eigenvalue weighted by Gasteiger charge is 2.28. The molecule has 4 heteroatoms. The number of hydrogen-bond acceptors (Lipinski definition) is 3. The van der Waals surface area contributed by atoms with E-state index >= 15 is 0 Å². The molecule has 0 saturated heterocycles. The van der Waals surface area contributed by atoms with Crippen molar-refractivity contribution < 1.29 is 9.90 Å². The van der Waals surface area contributed by atoms with Crippen LogP contribution in [0.4, 0.5) is 0 Å². The van der Waals surface area contributed by atoms with Crippen LogP contribution in [0.15, 0.2) is 0 Å². The number of rotatable bonds is 8. The first kappa shape index (κ1) is 17.4. The van der Waals surface area contributed by atoms with Gasteiger partial charge in [0.25, 0.3) is 5.91 Å². The molecule has 2 atom stereocenters. The molecule has 1 N–H and O–H groups in total. The Morgan fingerprint density at radius 1 is 1.06 bits per heavy atom. The Bertz CT molecular complexity index is 240. The van der Waals surface area contributed by atoms with Crippen LogP contribution in [0.25, 0.3) is 0 Å². The van der Waals surface area contributed by atoms with Crippen LogP contribution in [0.1, 0.15) is 48.0 Å². The molecule has 18 heavy (non-hydrogen) atoms. The zero-order valence-electron chi connectivity index (χ0n) is 12.8. The molecular weight excluding hydrogens is 228 g/mol. The van der Waals surface area contributed by atoms with Crippen molar-refractivity contribution in [3.8, 4) is 0 Å². The quantitative estimate of drug-likeness (QED) is 0.677. The number of hydrogen-bond donors (Lipinski definition) is 1. The number of amides is 1. The summed E-state index contributed by atoms with van der Waals surface area (Å²) in [7, 11) is 0. The molecule has 108 valence electrons. The lowest BCUT2D eigenvalue weighted by Crippen LogP contribution is -2.51. The molecule has 0 aliphatic carbocycles. The molecule has 0 rings (SSSR count). The van der Waals surface area contributed by atoms with Crippen LogP contribution in [0.5, 0.6) is 0 Å². The summed E-state index contributed by atoms with van der Waals surface area (Å²) in [5.74, 6) is 0.377. The van der Waals surface area contributed by atoms with Crippen LogP contribution in [0.3, 0.4) is 0 Å². The van der Waals surface area contributed by atoms with E-state index in [4.69, 9.17) is 0 Å². The summed E-state index contributed by atoms with van der Waals surface area (Å²) in [5, 5.41) is 10.1. The minimum atomic E-state index is -1.01. The molecule has 0 bridgehead atoms. The Morgan fingerprint density at radius 2 is 1.56 bits per heavy atom. The molecule has 0 aromatic carbocycles. The smallest absolute Gasteiger partial charge is 0.267 e. The lowest BCUT2D eigenvalue weighted by molar-refractivity contribution is -0.152. The van der Waals surface area contributed by atoms with E-state index in [1.54, 1.807) is 9.80 Å². The van der Waals surface area contributed by atoms with Gasteiger partial charge in [0, 0.05) is 12.6 Å². The topological polar surface area (TPSA) is 43.8 Å². The van der Waals surface area contributed by atoms with Crippen molar-refractivity contribution in [1.82, 2.24) is 9.80 Å². The van der Waals surface area contributed by atoms with Crippen molar-refractivity contribution in [2.75, 3.05) is 19.6 Å². The average molecular weight is 258 g/mol. The van der Waals surface area contributed by atoms with E-state index in [9.17, 15) is 9.90 Å². The summed E-state index contributed by atoms with van der Waals surface area (Å²) in [6, 6.07) is 0.174. The van der Waals surface area contributed by atoms with Crippen LogP contribution >= 0.6 is 0 Å². The van der Waals surface area contributed by atoms with Gasteiger partial charge in [0.05, 0.1) is 0 Å². The first-order valence-electron chi connectivity index (χ1n) is 7.11. The lowest BCUT2D eigenvalue weighted by atomic mass is 10.0. The Kier molecular flexibility index (Phi) is 8.20. The number of aliphatic hydroxyl groups is 1. The highest BCUT2D eigenvalue weighted by molar-refractivity contribution is 5.80. The summed E-state index contributed by atoms with van der Waals surface area (Å²) >= 11 is 0. The maximum atomic E-state index is 12.3. The average Bonchev–Trinajstić information content (AvgIpc) is 2.30. The number of likely N-dealkylation sites (N-methyl/N-ethyl adjacent to an activating group) is 2. The maximum absolute atomic E-state index is 12.3. The predicted molar refractivity (Wildman–Crippen MR) is 75.2 cm³/mol. The second-order valence-corrected chi connectivity index (χ2v) is 5.20. The van der Waals surface area contributed by atoms with Crippen molar-refractivity contribution >= 4 is 5.91 Å². The summed E-state index contributed by atoms with van der Waals surface area (Å²) in [4.78, 5) is 15.8. The predicted octanol–water partition coefficient (Wildman–Crippen LogP) is 1.93. The van der Waals surface area contributed by atoms with Crippen LogP contribution in [0.2, 0.25) is 0 Å². The molecule has 0 aromatic rings. The number of carbonyl (C=O) groups excluding carboxylic acids is 1. The summed E-state index contributed by atoms with van der Waals surface area (Å²) in [6.07, 6.45) is -0.0422. The maximum Gasteiger partial charge on any atom is 0.267 e. The molecule has 0 saturated carbocycles. The molecule has 0 spiro atoms. The van der Waals surface area contributed by atoms with Crippen molar-refractivity contribution in [2.45, 2.75) is 60.2 Å². The van der Waals surface area contributed by atoms with Gasteiger partial charge in [0.15, 0.2) is 6.23 Å². The second kappa shape index (κ2) is 8.48. The fraction of sp³-hybridized carbons (Fsp3) is 0.929. The molecule has 0 aliphatic rings. The molecule has 0 heterocycles.